The van der Waals surface area contributed by atoms with E-state index in [2.05, 4.69) is 0 Å². The minimum Gasteiger partial charge on any atom is -0.496 e. The molecule has 0 heterocycles. The second kappa shape index (κ2) is 6.73. The summed E-state index contributed by atoms with van der Waals surface area (Å²) in [5.74, 6) is -5.17. The third-order valence-electron chi connectivity index (χ3n) is 3.60. The van der Waals surface area contributed by atoms with Gasteiger partial charge in [0.1, 0.15) is 5.75 Å². The predicted molar refractivity (Wildman–Crippen MR) is 79.0 cm³/mol. The van der Waals surface area contributed by atoms with Crippen LogP contribution in [-0.4, -0.2) is 18.2 Å². The summed E-state index contributed by atoms with van der Waals surface area (Å²) >= 11 is 0. The van der Waals surface area contributed by atoms with Gasteiger partial charge in [-0.25, -0.2) is 13.2 Å². The number of halogens is 3. The highest BCUT2D eigenvalue weighted by Crippen LogP contribution is 2.36. The number of methoxy groups -OCH3 is 1. The molecule has 0 spiro atoms. The Balaban J connectivity index is 2.56. The average molecular weight is 324 g/mol. The van der Waals surface area contributed by atoms with Crippen LogP contribution in [0.25, 0.3) is 11.1 Å². The number of carbonyl (C=O) groups is 1. The van der Waals surface area contributed by atoms with Gasteiger partial charge in [0.25, 0.3) is 0 Å². The fraction of sp³-hybridized carbons (Fsp3) is 0.235. The van der Waals surface area contributed by atoms with Gasteiger partial charge in [0.2, 0.25) is 0 Å². The van der Waals surface area contributed by atoms with E-state index in [1.807, 2.05) is 0 Å². The Morgan fingerprint density at radius 1 is 1.13 bits per heavy atom. The predicted octanol–water partition coefficient (Wildman–Crippen LogP) is 4.36. The normalized spacial score (nSPS) is 12.0. The van der Waals surface area contributed by atoms with Gasteiger partial charge in [-0.3, -0.25) is 4.79 Å². The van der Waals surface area contributed by atoms with Crippen molar-refractivity contribution < 1.29 is 27.8 Å². The van der Waals surface area contributed by atoms with Gasteiger partial charge in [-0.2, -0.15) is 0 Å². The van der Waals surface area contributed by atoms with Gasteiger partial charge in [-0.15, -0.1) is 0 Å². The summed E-state index contributed by atoms with van der Waals surface area (Å²) in [6, 6.07) is 6.69. The molecule has 3 nitrogen and oxygen atoms in total. The highest BCUT2D eigenvalue weighted by atomic mass is 19.2. The van der Waals surface area contributed by atoms with E-state index in [1.165, 1.54) is 13.2 Å². The Morgan fingerprint density at radius 3 is 2.43 bits per heavy atom. The van der Waals surface area contributed by atoms with Gasteiger partial charge in [0, 0.05) is 11.1 Å². The molecule has 1 unspecified atom stereocenters. The summed E-state index contributed by atoms with van der Waals surface area (Å²) in [4.78, 5) is 10.8. The number of ether oxygens (including phenoxy) is 1. The van der Waals surface area contributed by atoms with Crippen LogP contribution in [0.4, 0.5) is 13.2 Å². The summed E-state index contributed by atoms with van der Waals surface area (Å²) < 4.78 is 45.8. The lowest BCUT2D eigenvalue weighted by Crippen LogP contribution is -2.04. The van der Waals surface area contributed by atoms with Crippen molar-refractivity contribution >= 4 is 5.97 Å². The molecule has 2 aromatic carbocycles. The molecular weight excluding hydrogens is 309 g/mol. The Hall–Kier alpha value is -2.50. The monoisotopic (exact) mass is 324 g/mol. The molecule has 2 aromatic rings. The van der Waals surface area contributed by atoms with Crippen molar-refractivity contribution in [2.75, 3.05) is 7.11 Å². The van der Waals surface area contributed by atoms with Crippen LogP contribution in [0, 0.1) is 17.5 Å². The SMILES string of the molecule is COc1ccc(C(C)CC(=O)O)cc1-c1ccc(F)c(F)c1F. The number of carboxylic acids is 1. The van der Waals surface area contributed by atoms with Crippen molar-refractivity contribution in [3.63, 3.8) is 0 Å². The summed E-state index contributed by atoms with van der Waals surface area (Å²) in [5, 5.41) is 8.87. The van der Waals surface area contributed by atoms with Gasteiger partial charge in [0.05, 0.1) is 13.5 Å². The molecule has 0 saturated carbocycles. The molecule has 0 radical (unpaired) electrons. The highest BCUT2D eigenvalue weighted by Gasteiger charge is 2.19. The Kier molecular flexibility index (Phi) is 4.93. The van der Waals surface area contributed by atoms with E-state index >= 15 is 0 Å². The maximum atomic E-state index is 14.0. The molecule has 6 heteroatoms. The molecule has 0 aliphatic carbocycles. The maximum Gasteiger partial charge on any atom is 0.303 e. The Bertz CT molecular complexity index is 744. The maximum absolute atomic E-state index is 14.0. The van der Waals surface area contributed by atoms with E-state index in [0.29, 0.717) is 5.56 Å². The van der Waals surface area contributed by atoms with Crippen molar-refractivity contribution in [1.82, 2.24) is 0 Å². The number of hydrogen-bond donors (Lipinski definition) is 1. The second-order valence-corrected chi connectivity index (χ2v) is 5.18. The fourth-order valence-corrected chi connectivity index (χ4v) is 2.36. The van der Waals surface area contributed by atoms with Crippen LogP contribution in [0.15, 0.2) is 30.3 Å². The van der Waals surface area contributed by atoms with Crippen LogP contribution in [0.1, 0.15) is 24.8 Å². The number of benzene rings is 2. The van der Waals surface area contributed by atoms with E-state index in [4.69, 9.17) is 9.84 Å². The molecule has 23 heavy (non-hydrogen) atoms. The number of hydrogen-bond acceptors (Lipinski definition) is 2. The molecule has 0 amide bonds. The van der Waals surface area contributed by atoms with Crippen LogP contribution in [-0.2, 0) is 4.79 Å². The van der Waals surface area contributed by atoms with Crippen LogP contribution in [0.2, 0.25) is 0 Å². The second-order valence-electron chi connectivity index (χ2n) is 5.18. The van der Waals surface area contributed by atoms with Crippen molar-refractivity contribution in [2.45, 2.75) is 19.3 Å². The minimum atomic E-state index is -1.56. The quantitative estimate of drug-likeness (QED) is 0.831. The fourth-order valence-electron chi connectivity index (χ4n) is 2.36. The van der Waals surface area contributed by atoms with Crippen molar-refractivity contribution in [1.29, 1.82) is 0 Å². The first-order valence-corrected chi connectivity index (χ1v) is 6.88. The van der Waals surface area contributed by atoms with Crippen molar-refractivity contribution in [3.05, 3.63) is 53.3 Å². The van der Waals surface area contributed by atoms with E-state index in [-0.39, 0.29) is 29.2 Å². The molecule has 0 fully saturated rings. The largest absolute Gasteiger partial charge is 0.496 e. The Labute approximate surface area is 131 Å². The lowest BCUT2D eigenvalue weighted by atomic mass is 9.93. The minimum absolute atomic E-state index is 0.105. The van der Waals surface area contributed by atoms with Crippen molar-refractivity contribution in [3.8, 4) is 16.9 Å². The van der Waals surface area contributed by atoms with Crippen LogP contribution < -0.4 is 4.74 Å². The van der Waals surface area contributed by atoms with Gasteiger partial charge < -0.3 is 9.84 Å². The highest BCUT2D eigenvalue weighted by molar-refractivity contribution is 5.73. The van der Waals surface area contributed by atoms with Crippen molar-refractivity contribution in [2.24, 2.45) is 0 Å². The Morgan fingerprint density at radius 2 is 1.83 bits per heavy atom. The third kappa shape index (κ3) is 3.47. The molecule has 0 bridgehead atoms. The molecule has 0 saturated heterocycles. The van der Waals surface area contributed by atoms with Gasteiger partial charge in [0.15, 0.2) is 17.5 Å². The first kappa shape index (κ1) is 16.9. The summed E-state index contributed by atoms with van der Waals surface area (Å²) in [7, 11) is 1.37. The zero-order chi connectivity index (χ0) is 17.1. The summed E-state index contributed by atoms with van der Waals surface area (Å²) in [5.41, 5.74) is 0.719. The first-order chi connectivity index (χ1) is 10.8. The molecule has 0 aliphatic heterocycles. The van der Waals surface area contributed by atoms with Crippen LogP contribution in [0.5, 0.6) is 5.75 Å². The molecule has 1 N–H and O–H groups in total. The van der Waals surface area contributed by atoms with Gasteiger partial charge >= 0.3 is 5.97 Å². The molecule has 122 valence electrons. The number of aliphatic carboxylic acids is 1. The van der Waals surface area contributed by atoms with E-state index in [1.54, 1.807) is 19.1 Å². The lowest BCUT2D eigenvalue weighted by molar-refractivity contribution is -0.137. The topological polar surface area (TPSA) is 46.5 Å². The first-order valence-electron chi connectivity index (χ1n) is 6.88. The molecule has 1 atom stereocenters. The standard InChI is InChI=1S/C17H15F3O3/c1-9(7-15(21)22)10-3-6-14(23-2)12(8-10)11-4-5-13(18)17(20)16(11)19/h3-6,8-9H,7H2,1-2H3,(H,21,22). The smallest absolute Gasteiger partial charge is 0.303 e. The van der Waals surface area contributed by atoms with Gasteiger partial charge in [-0.1, -0.05) is 13.0 Å². The van der Waals surface area contributed by atoms with Crippen LogP contribution in [0.3, 0.4) is 0 Å². The summed E-state index contributed by atoms with van der Waals surface area (Å²) in [6.07, 6.45) is -0.105. The molecule has 0 aliphatic rings. The molecule has 0 aromatic heterocycles. The van der Waals surface area contributed by atoms with E-state index in [9.17, 15) is 18.0 Å². The third-order valence-corrected chi connectivity index (χ3v) is 3.60. The number of carboxylic acid groups (broad SMARTS) is 1. The molecular formula is C17H15F3O3. The van der Waals surface area contributed by atoms with Crippen LogP contribution >= 0.6 is 0 Å². The van der Waals surface area contributed by atoms with Gasteiger partial charge in [-0.05, 0) is 35.7 Å². The zero-order valence-corrected chi connectivity index (χ0v) is 12.6. The summed E-state index contributed by atoms with van der Waals surface area (Å²) in [6.45, 7) is 1.71. The van der Waals surface area contributed by atoms with E-state index in [0.717, 1.165) is 12.1 Å². The lowest BCUT2D eigenvalue weighted by Gasteiger charge is -2.15. The average Bonchev–Trinajstić information content (AvgIpc) is 2.51. The zero-order valence-electron chi connectivity index (χ0n) is 12.6. The molecule has 2 rings (SSSR count). The van der Waals surface area contributed by atoms with E-state index < -0.39 is 23.4 Å². The number of rotatable bonds is 5.